The second-order valence-corrected chi connectivity index (χ2v) is 5.75. The van der Waals surface area contributed by atoms with Gasteiger partial charge in [0.2, 0.25) is 0 Å². The van der Waals surface area contributed by atoms with Gasteiger partial charge in [0.1, 0.15) is 0 Å². The minimum absolute atomic E-state index is 0.129. The summed E-state index contributed by atoms with van der Waals surface area (Å²) in [6, 6.07) is 5.52. The van der Waals surface area contributed by atoms with E-state index in [1.807, 2.05) is 13.1 Å². The van der Waals surface area contributed by atoms with Crippen molar-refractivity contribution in [1.29, 1.82) is 0 Å². The second-order valence-electron chi connectivity index (χ2n) is 4.84. The molecule has 5 nitrogen and oxygen atoms in total. The molecule has 6 heteroatoms. The predicted octanol–water partition coefficient (Wildman–Crippen LogP) is 3.60. The van der Waals surface area contributed by atoms with E-state index >= 15 is 0 Å². The number of benzene rings is 1. The topological polar surface area (TPSA) is 58.4 Å². The monoisotopic (exact) mass is 297 g/mol. The van der Waals surface area contributed by atoms with Crippen LogP contribution in [0.1, 0.15) is 20.3 Å². The minimum Gasteiger partial charge on any atom is -0.385 e. The standard InChI is InChI=1S/C14H23N3O2S/c1-5-6-15-12-7-13(9-14(8-12)17(18)19)16(3)11(2)10-20-4/h7-9,11,15H,5-6,10H2,1-4H3. The van der Waals surface area contributed by atoms with Gasteiger partial charge in [0.05, 0.1) is 4.92 Å². The van der Waals surface area contributed by atoms with Crippen LogP contribution < -0.4 is 10.2 Å². The number of hydrogen-bond donors (Lipinski definition) is 1. The van der Waals surface area contributed by atoms with Gasteiger partial charge in [-0.05, 0) is 25.7 Å². The first-order valence-electron chi connectivity index (χ1n) is 6.74. The highest BCUT2D eigenvalue weighted by molar-refractivity contribution is 7.98. The third kappa shape index (κ3) is 4.59. The lowest BCUT2D eigenvalue weighted by atomic mass is 10.2. The smallest absolute Gasteiger partial charge is 0.273 e. The highest BCUT2D eigenvalue weighted by Crippen LogP contribution is 2.28. The summed E-state index contributed by atoms with van der Waals surface area (Å²) < 4.78 is 0. The van der Waals surface area contributed by atoms with Crippen LogP contribution in [0.2, 0.25) is 0 Å². The lowest BCUT2D eigenvalue weighted by Crippen LogP contribution is -2.30. The second kappa shape index (κ2) is 7.99. The molecule has 0 radical (unpaired) electrons. The van der Waals surface area contributed by atoms with Crippen molar-refractivity contribution in [2.24, 2.45) is 0 Å². The fourth-order valence-corrected chi connectivity index (χ4v) is 2.59. The Hall–Kier alpha value is -1.43. The van der Waals surface area contributed by atoms with Gasteiger partial charge in [-0.15, -0.1) is 0 Å². The maximum absolute atomic E-state index is 11.1. The first kappa shape index (κ1) is 16.6. The average molecular weight is 297 g/mol. The third-order valence-corrected chi connectivity index (χ3v) is 3.98. The number of non-ortho nitro benzene ring substituents is 1. The Bertz CT molecular complexity index is 454. The van der Waals surface area contributed by atoms with Gasteiger partial charge >= 0.3 is 0 Å². The van der Waals surface area contributed by atoms with Crippen molar-refractivity contribution in [2.45, 2.75) is 26.3 Å². The molecule has 0 heterocycles. The maximum atomic E-state index is 11.1. The van der Waals surface area contributed by atoms with E-state index < -0.39 is 0 Å². The van der Waals surface area contributed by atoms with E-state index in [0.29, 0.717) is 6.04 Å². The van der Waals surface area contributed by atoms with Crippen molar-refractivity contribution in [3.05, 3.63) is 28.3 Å². The third-order valence-electron chi connectivity index (χ3n) is 3.17. The van der Waals surface area contributed by atoms with Crippen LogP contribution in [0.5, 0.6) is 0 Å². The van der Waals surface area contributed by atoms with Crippen LogP contribution in [-0.2, 0) is 0 Å². The molecule has 1 unspecified atom stereocenters. The molecule has 1 N–H and O–H groups in total. The highest BCUT2D eigenvalue weighted by Gasteiger charge is 2.15. The number of anilines is 2. The van der Waals surface area contributed by atoms with Crippen molar-refractivity contribution in [3.8, 4) is 0 Å². The average Bonchev–Trinajstić information content (AvgIpc) is 2.44. The Kier molecular flexibility index (Phi) is 6.64. The molecule has 20 heavy (non-hydrogen) atoms. The van der Waals surface area contributed by atoms with Crippen LogP contribution in [-0.4, -0.2) is 36.6 Å². The Labute approximate surface area is 124 Å². The Morgan fingerprint density at radius 1 is 1.45 bits per heavy atom. The van der Waals surface area contributed by atoms with Crippen LogP contribution in [0, 0.1) is 10.1 Å². The molecule has 0 saturated carbocycles. The molecular weight excluding hydrogens is 274 g/mol. The first-order chi connectivity index (χ1) is 9.49. The molecule has 0 aromatic heterocycles. The Morgan fingerprint density at radius 3 is 2.70 bits per heavy atom. The summed E-state index contributed by atoms with van der Waals surface area (Å²) in [5, 5.41) is 14.3. The molecule has 1 atom stereocenters. The summed E-state index contributed by atoms with van der Waals surface area (Å²) in [4.78, 5) is 12.8. The van der Waals surface area contributed by atoms with E-state index in [-0.39, 0.29) is 10.6 Å². The fraction of sp³-hybridized carbons (Fsp3) is 0.571. The quantitative estimate of drug-likeness (QED) is 0.587. The van der Waals surface area contributed by atoms with Crippen LogP contribution in [0.15, 0.2) is 18.2 Å². The van der Waals surface area contributed by atoms with E-state index in [0.717, 1.165) is 30.1 Å². The SMILES string of the molecule is CCCNc1cc(N(C)C(C)CSC)cc([N+](=O)[O-])c1. The van der Waals surface area contributed by atoms with E-state index in [4.69, 9.17) is 0 Å². The van der Waals surface area contributed by atoms with Crippen LogP contribution in [0.25, 0.3) is 0 Å². The molecule has 1 aromatic rings. The fourth-order valence-electron chi connectivity index (χ4n) is 1.88. The number of nitrogens with one attached hydrogen (secondary N) is 1. The summed E-state index contributed by atoms with van der Waals surface area (Å²) in [7, 11) is 1.98. The number of thioether (sulfide) groups is 1. The predicted molar refractivity (Wildman–Crippen MR) is 88.1 cm³/mol. The molecule has 0 aliphatic carbocycles. The van der Waals surface area contributed by atoms with Crippen LogP contribution >= 0.6 is 11.8 Å². The molecule has 0 amide bonds. The largest absolute Gasteiger partial charge is 0.385 e. The van der Waals surface area contributed by atoms with Crippen molar-refractivity contribution in [1.82, 2.24) is 0 Å². The lowest BCUT2D eigenvalue weighted by Gasteiger charge is -2.26. The molecular formula is C14H23N3O2S. The van der Waals surface area contributed by atoms with Gasteiger partial charge in [0, 0.05) is 48.9 Å². The molecule has 0 spiro atoms. The van der Waals surface area contributed by atoms with E-state index in [2.05, 4.69) is 30.3 Å². The molecule has 112 valence electrons. The zero-order chi connectivity index (χ0) is 15.1. The van der Waals surface area contributed by atoms with Crippen molar-refractivity contribution >= 4 is 28.8 Å². The van der Waals surface area contributed by atoms with Gasteiger partial charge in [-0.2, -0.15) is 11.8 Å². The van der Waals surface area contributed by atoms with E-state index in [1.165, 1.54) is 0 Å². The molecule has 0 aliphatic rings. The summed E-state index contributed by atoms with van der Waals surface area (Å²) in [6.45, 7) is 5.00. The summed E-state index contributed by atoms with van der Waals surface area (Å²) in [6.07, 6.45) is 3.04. The first-order valence-corrected chi connectivity index (χ1v) is 8.14. The van der Waals surface area contributed by atoms with Gasteiger partial charge in [-0.3, -0.25) is 10.1 Å². The molecule has 1 aromatic carbocycles. The zero-order valence-electron chi connectivity index (χ0n) is 12.5. The van der Waals surface area contributed by atoms with Gasteiger partial charge in [0.15, 0.2) is 0 Å². The number of nitrogens with zero attached hydrogens (tertiary/aromatic N) is 2. The van der Waals surface area contributed by atoms with Crippen molar-refractivity contribution < 1.29 is 4.92 Å². The summed E-state index contributed by atoms with van der Waals surface area (Å²) in [5.74, 6) is 0.983. The molecule has 0 bridgehead atoms. The number of rotatable bonds is 8. The lowest BCUT2D eigenvalue weighted by molar-refractivity contribution is -0.384. The van der Waals surface area contributed by atoms with E-state index in [9.17, 15) is 10.1 Å². The minimum atomic E-state index is -0.340. The normalized spacial score (nSPS) is 12.0. The zero-order valence-corrected chi connectivity index (χ0v) is 13.4. The molecule has 0 saturated heterocycles. The van der Waals surface area contributed by atoms with Gasteiger partial charge in [-0.25, -0.2) is 0 Å². The molecule has 0 aliphatic heterocycles. The number of hydrogen-bond acceptors (Lipinski definition) is 5. The van der Waals surface area contributed by atoms with Gasteiger partial charge in [0.25, 0.3) is 5.69 Å². The van der Waals surface area contributed by atoms with Crippen LogP contribution in [0.3, 0.4) is 0 Å². The van der Waals surface area contributed by atoms with E-state index in [1.54, 1.807) is 23.9 Å². The Morgan fingerprint density at radius 2 is 2.15 bits per heavy atom. The number of nitro benzene ring substituents is 1. The van der Waals surface area contributed by atoms with Crippen molar-refractivity contribution in [2.75, 3.05) is 35.8 Å². The number of nitro groups is 1. The van der Waals surface area contributed by atoms with Gasteiger partial charge < -0.3 is 10.2 Å². The van der Waals surface area contributed by atoms with Gasteiger partial charge in [-0.1, -0.05) is 6.92 Å². The summed E-state index contributed by atoms with van der Waals surface area (Å²) in [5.41, 5.74) is 1.81. The molecule has 0 fully saturated rings. The Balaban J connectivity index is 3.04. The maximum Gasteiger partial charge on any atom is 0.273 e. The molecule has 1 rings (SSSR count). The van der Waals surface area contributed by atoms with Crippen molar-refractivity contribution in [3.63, 3.8) is 0 Å². The van der Waals surface area contributed by atoms with Crippen LogP contribution in [0.4, 0.5) is 17.1 Å². The summed E-state index contributed by atoms with van der Waals surface area (Å²) >= 11 is 1.77. The highest BCUT2D eigenvalue weighted by atomic mass is 32.2.